The number of carbonyl (C=O) groups is 1. The second-order valence-electron chi connectivity index (χ2n) is 5.99. The van der Waals surface area contributed by atoms with Crippen LogP contribution >= 0.6 is 0 Å². The van der Waals surface area contributed by atoms with E-state index >= 15 is 0 Å². The Morgan fingerprint density at radius 3 is 2.44 bits per heavy atom. The fourth-order valence-corrected chi connectivity index (χ4v) is 2.72. The van der Waals surface area contributed by atoms with E-state index in [1.54, 1.807) is 30.5 Å². The minimum atomic E-state index is -0.244. The summed E-state index contributed by atoms with van der Waals surface area (Å²) >= 11 is 0. The zero-order valence-corrected chi connectivity index (χ0v) is 15.0. The van der Waals surface area contributed by atoms with Crippen LogP contribution in [0.2, 0.25) is 0 Å². The molecule has 0 radical (unpaired) electrons. The van der Waals surface area contributed by atoms with E-state index in [2.05, 4.69) is 29.0 Å². The van der Waals surface area contributed by atoms with Crippen LogP contribution in [0.4, 0.5) is 10.1 Å². The van der Waals surface area contributed by atoms with Crippen molar-refractivity contribution in [3.8, 4) is 0 Å². The van der Waals surface area contributed by atoms with Crippen molar-refractivity contribution < 1.29 is 9.18 Å². The largest absolute Gasteiger partial charge is 0.370 e. The summed E-state index contributed by atoms with van der Waals surface area (Å²) in [5.74, 6) is -0.480. The molecule has 0 aliphatic heterocycles. The molecule has 0 spiro atoms. The maximum absolute atomic E-state index is 13.6. The predicted molar refractivity (Wildman–Crippen MR) is 99.5 cm³/mol. The number of amides is 1. The molecule has 0 fully saturated rings. The lowest BCUT2D eigenvalue weighted by Gasteiger charge is -2.23. The van der Waals surface area contributed by atoms with Gasteiger partial charge in [-0.3, -0.25) is 4.79 Å². The number of pyridine rings is 1. The van der Waals surface area contributed by atoms with Crippen LogP contribution in [0.15, 0.2) is 42.6 Å². The van der Waals surface area contributed by atoms with Crippen molar-refractivity contribution >= 4 is 11.6 Å². The molecule has 1 heterocycles. The summed E-state index contributed by atoms with van der Waals surface area (Å²) in [7, 11) is 0. The molecule has 1 N–H and O–H groups in total. The SMILES string of the molecule is CCCN(CCC)c1ccc(C(=O)NCCc2ccccc2F)nc1. The molecule has 0 saturated carbocycles. The van der Waals surface area contributed by atoms with Gasteiger partial charge in [-0.15, -0.1) is 0 Å². The summed E-state index contributed by atoms with van der Waals surface area (Å²) < 4.78 is 13.6. The number of rotatable bonds is 9. The van der Waals surface area contributed by atoms with E-state index in [0.717, 1.165) is 31.6 Å². The Labute approximate surface area is 149 Å². The van der Waals surface area contributed by atoms with Crippen molar-refractivity contribution in [2.45, 2.75) is 33.1 Å². The Morgan fingerprint density at radius 2 is 1.84 bits per heavy atom. The smallest absolute Gasteiger partial charge is 0.269 e. The molecule has 0 bridgehead atoms. The van der Waals surface area contributed by atoms with E-state index in [1.807, 2.05) is 6.07 Å². The lowest BCUT2D eigenvalue weighted by molar-refractivity contribution is 0.0949. The molecular weight excluding hydrogens is 317 g/mol. The van der Waals surface area contributed by atoms with Gasteiger partial charge in [-0.2, -0.15) is 0 Å². The van der Waals surface area contributed by atoms with E-state index < -0.39 is 0 Å². The lowest BCUT2D eigenvalue weighted by Crippen LogP contribution is -2.27. The molecule has 25 heavy (non-hydrogen) atoms. The topological polar surface area (TPSA) is 45.2 Å². The van der Waals surface area contributed by atoms with Crippen molar-refractivity contribution in [3.63, 3.8) is 0 Å². The third-order valence-electron chi connectivity index (χ3n) is 3.97. The number of nitrogens with zero attached hydrogens (tertiary/aromatic N) is 2. The van der Waals surface area contributed by atoms with E-state index in [-0.39, 0.29) is 11.7 Å². The first kappa shape index (κ1) is 18.9. The van der Waals surface area contributed by atoms with Gasteiger partial charge >= 0.3 is 0 Å². The Bertz CT molecular complexity index is 667. The summed E-state index contributed by atoms with van der Waals surface area (Å²) in [4.78, 5) is 18.7. The molecule has 4 nitrogen and oxygen atoms in total. The Kier molecular flexibility index (Phi) is 7.38. The first-order valence-electron chi connectivity index (χ1n) is 8.88. The number of aromatic nitrogens is 1. The molecule has 1 aromatic heterocycles. The average Bonchev–Trinajstić information content (AvgIpc) is 2.63. The van der Waals surface area contributed by atoms with E-state index in [4.69, 9.17) is 0 Å². The van der Waals surface area contributed by atoms with E-state index in [9.17, 15) is 9.18 Å². The molecule has 2 aromatic rings. The highest BCUT2D eigenvalue weighted by Crippen LogP contribution is 2.14. The quantitative estimate of drug-likeness (QED) is 0.753. The molecule has 0 atom stereocenters. The van der Waals surface area contributed by atoms with Gasteiger partial charge in [0.15, 0.2) is 0 Å². The third kappa shape index (κ3) is 5.55. The number of anilines is 1. The number of benzene rings is 1. The minimum absolute atomic E-state index is 0.236. The summed E-state index contributed by atoms with van der Waals surface area (Å²) in [6.07, 6.45) is 4.34. The van der Waals surface area contributed by atoms with Crippen molar-refractivity contribution in [2.24, 2.45) is 0 Å². The van der Waals surface area contributed by atoms with Crippen molar-refractivity contribution in [1.82, 2.24) is 10.3 Å². The van der Waals surface area contributed by atoms with Crippen LogP contribution in [-0.4, -0.2) is 30.5 Å². The van der Waals surface area contributed by atoms with Crippen LogP contribution in [0.1, 0.15) is 42.7 Å². The second kappa shape index (κ2) is 9.77. The predicted octanol–water partition coefficient (Wildman–Crippen LogP) is 3.82. The van der Waals surface area contributed by atoms with Crippen LogP contribution < -0.4 is 10.2 Å². The fourth-order valence-electron chi connectivity index (χ4n) is 2.72. The van der Waals surface area contributed by atoms with Gasteiger partial charge in [0, 0.05) is 19.6 Å². The zero-order valence-electron chi connectivity index (χ0n) is 15.0. The molecule has 1 amide bonds. The highest BCUT2D eigenvalue weighted by molar-refractivity contribution is 5.92. The molecule has 2 rings (SSSR count). The molecule has 0 saturated heterocycles. The van der Waals surface area contributed by atoms with Crippen molar-refractivity contribution in [3.05, 3.63) is 59.7 Å². The highest BCUT2D eigenvalue weighted by atomic mass is 19.1. The Morgan fingerprint density at radius 1 is 1.12 bits per heavy atom. The van der Waals surface area contributed by atoms with Crippen LogP contribution in [0.5, 0.6) is 0 Å². The maximum atomic E-state index is 13.6. The average molecular weight is 343 g/mol. The Balaban J connectivity index is 1.90. The lowest BCUT2D eigenvalue weighted by atomic mass is 10.1. The number of nitrogens with one attached hydrogen (secondary N) is 1. The molecule has 0 unspecified atom stereocenters. The van der Waals surface area contributed by atoms with E-state index in [0.29, 0.717) is 24.2 Å². The summed E-state index contributed by atoms with van der Waals surface area (Å²) in [5, 5.41) is 2.79. The van der Waals surface area contributed by atoms with Gasteiger partial charge in [0.05, 0.1) is 11.9 Å². The minimum Gasteiger partial charge on any atom is -0.370 e. The molecule has 134 valence electrons. The number of halogens is 1. The number of hydrogen-bond donors (Lipinski definition) is 1. The monoisotopic (exact) mass is 343 g/mol. The van der Waals surface area contributed by atoms with Gasteiger partial charge in [-0.25, -0.2) is 9.37 Å². The Hall–Kier alpha value is -2.43. The maximum Gasteiger partial charge on any atom is 0.269 e. The molecule has 1 aromatic carbocycles. The van der Waals surface area contributed by atoms with Gasteiger partial charge in [-0.1, -0.05) is 32.0 Å². The van der Waals surface area contributed by atoms with Gasteiger partial charge < -0.3 is 10.2 Å². The standard InChI is InChI=1S/C20H26FN3O/c1-3-13-24(14-4-2)17-9-10-19(23-15-17)20(25)22-12-11-16-7-5-6-8-18(16)21/h5-10,15H,3-4,11-14H2,1-2H3,(H,22,25). The van der Waals surface area contributed by atoms with E-state index in [1.165, 1.54) is 6.07 Å². The fraction of sp³-hybridized carbons (Fsp3) is 0.400. The van der Waals surface area contributed by atoms with Gasteiger partial charge in [0.25, 0.3) is 5.91 Å². The first-order valence-corrected chi connectivity index (χ1v) is 8.88. The van der Waals surface area contributed by atoms with Gasteiger partial charge in [-0.05, 0) is 43.0 Å². The highest BCUT2D eigenvalue weighted by Gasteiger charge is 2.10. The third-order valence-corrected chi connectivity index (χ3v) is 3.97. The van der Waals surface area contributed by atoms with Crippen molar-refractivity contribution in [1.29, 1.82) is 0 Å². The van der Waals surface area contributed by atoms with Gasteiger partial charge in [0.2, 0.25) is 0 Å². The normalized spacial score (nSPS) is 10.5. The second-order valence-corrected chi connectivity index (χ2v) is 5.99. The summed E-state index contributed by atoms with van der Waals surface area (Å²) in [6.45, 7) is 6.62. The zero-order chi connectivity index (χ0) is 18.1. The van der Waals surface area contributed by atoms with Crippen LogP contribution in [-0.2, 0) is 6.42 Å². The molecule has 0 aliphatic rings. The molecular formula is C20H26FN3O. The number of hydrogen-bond acceptors (Lipinski definition) is 3. The summed E-state index contributed by atoms with van der Waals surface area (Å²) in [6, 6.07) is 10.3. The van der Waals surface area contributed by atoms with Gasteiger partial charge in [0.1, 0.15) is 11.5 Å². The van der Waals surface area contributed by atoms with Crippen LogP contribution in [0.25, 0.3) is 0 Å². The van der Waals surface area contributed by atoms with Crippen LogP contribution in [0.3, 0.4) is 0 Å². The number of carbonyl (C=O) groups excluding carboxylic acids is 1. The van der Waals surface area contributed by atoms with Crippen molar-refractivity contribution in [2.75, 3.05) is 24.5 Å². The molecule has 5 heteroatoms. The first-order chi connectivity index (χ1) is 12.2. The van der Waals surface area contributed by atoms with Crippen LogP contribution in [0, 0.1) is 5.82 Å². The molecule has 0 aliphatic carbocycles. The summed E-state index contributed by atoms with van der Waals surface area (Å²) in [5.41, 5.74) is 2.01.